The molecule has 4 aliphatic carbocycles. The quantitative estimate of drug-likeness (QED) is 0.116. The molecular formula is C67H100N12O10. The van der Waals surface area contributed by atoms with Gasteiger partial charge in [-0.05, 0) is 168 Å². The van der Waals surface area contributed by atoms with Crippen LogP contribution in [0.25, 0.3) is 0 Å². The number of nitrogens with one attached hydrogen (secondary N) is 8. The molecule has 0 radical (unpaired) electrons. The maximum atomic E-state index is 15.4. The minimum Gasteiger partial charge on any atom is -0.343 e. The van der Waals surface area contributed by atoms with Crippen LogP contribution < -0.4 is 54.0 Å². The van der Waals surface area contributed by atoms with Gasteiger partial charge in [-0.1, -0.05) is 102 Å². The lowest BCUT2D eigenvalue weighted by atomic mass is 9.48. The molecule has 2 aromatic carbocycles. The van der Waals surface area contributed by atoms with Gasteiger partial charge in [0, 0.05) is 25.9 Å². The highest BCUT2D eigenvalue weighted by Gasteiger charge is 2.53. The van der Waals surface area contributed by atoms with Crippen LogP contribution in [0.5, 0.6) is 0 Å². The summed E-state index contributed by atoms with van der Waals surface area (Å²) >= 11 is 0. The van der Waals surface area contributed by atoms with Crippen LogP contribution in [0.4, 0.5) is 0 Å². The maximum absolute atomic E-state index is 15.4. The van der Waals surface area contributed by atoms with Gasteiger partial charge in [0.25, 0.3) is 0 Å². The standard InChI is InChI=1S/C67H100N12O10/c1-39(2)29-49-59(82)73-50(33-42-17-9-7-10-18-42)65(88)78-27-15-23-53(78)61(84)77-56(41(5)6)64(87)71-48(22-14-26-69)58(81)75-52(38-67-35-44-30-45(36-67)32-46(31-44)37-67)60(83)74-51(34-43-19-11-8-12-20-43)66(89)79-28-16-24-54(79)62(85)76-55(40(3)4)63(86)70-47(21-13-25-68)57(80)72-49/h7-12,17-20,39-41,44-56H,13-16,21-38,68-69H2,1-6H3,(H,70,86)(H,71,87)(H,72,80)(H,73,82)(H,74,83)(H,75,81)(H,76,85)(H,77,84)/t44?,45?,46?,47-,48-,49-,50+,51+,52-,53-,54-,55-,56-,67?/m0/s1. The first-order valence-corrected chi connectivity index (χ1v) is 33.1. The fourth-order valence-electron chi connectivity index (χ4n) is 15.4. The van der Waals surface area contributed by atoms with Gasteiger partial charge in [-0.15, -0.1) is 0 Å². The smallest absolute Gasteiger partial charge is 0.246 e. The van der Waals surface area contributed by atoms with Gasteiger partial charge < -0.3 is 63.8 Å². The van der Waals surface area contributed by atoms with Gasteiger partial charge in [-0.2, -0.15) is 0 Å². The zero-order valence-electron chi connectivity index (χ0n) is 53.2. The van der Waals surface area contributed by atoms with Gasteiger partial charge in [0.15, 0.2) is 0 Å². The third-order valence-corrected chi connectivity index (χ3v) is 19.4. The molecule has 9 rings (SSSR count). The van der Waals surface area contributed by atoms with Gasteiger partial charge in [-0.3, -0.25) is 47.9 Å². The molecule has 3 heterocycles. The SMILES string of the molecule is CC(C)C[C@@H]1NC(=O)[C@H](CCCN)NC(=O)[C@H](C(C)C)NC(=O)[C@@H]2CCCN2C(=O)[C@@H](Cc2ccccc2)NC(=O)[C@H](CC23CC4CC(CC(C4)C2)C3)NC(=O)[C@H](CCCN)NC(=O)[C@H](C(C)C)NC(=O)[C@@H]2CCCN2C(=O)[C@@H](Cc2ccccc2)NC1=O. The first-order chi connectivity index (χ1) is 42.5. The average molecular weight is 1230 g/mol. The molecule has 89 heavy (non-hydrogen) atoms. The first kappa shape index (κ1) is 68.0. The third-order valence-electron chi connectivity index (χ3n) is 19.4. The number of hydrogen-bond donors (Lipinski definition) is 10. The summed E-state index contributed by atoms with van der Waals surface area (Å²) in [6.07, 6.45) is 8.86. The van der Waals surface area contributed by atoms with Crippen molar-refractivity contribution in [3.8, 4) is 0 Å². The van der Waals surface area contributed by atoms with E-state index in [1.54, 1.807) is 27.7 Å². The molecule has 7 aliphatic rings. The normalized spacial score (nSPS) is 31.5. The number of nitrogens with two attached hydrogens (primary N) is 2. The summed E-state index contributed by atoms with van der Waals surface area (Å²) in [5, 5.41) is 23.6. The second-order valence-electron chi connectivity index (χ2n) is 27.7. The molecule has 7 fully saturated rings. The largest absolute Gasteiger partial charge is 0.343 e. The number of nitrogens with zero attached hydrogens (tertiary/aromatic N) is 2. The predicted octanol–water partition coefficient (Wildman–Crippen LogP) is 2.79. The summed E-state index contributed by atoms with van der Waals surface area (Å²) in [7, 11) is 0. The molecule has 10 amide bonds. The van der Waals surface area contributed by atoms with Gasteiger partial charge in [-0.25, -0.2) is 0 Å². The van der Waals surface area contributed by atoms with Crippen molar-refractivity contribution in [1.29, 1.82) is 0 Å². The van der Waals surface area contributed by atoms with Gasteiger partial charge in [0.05, 0.1) is 0 Å². The Labute approximate surface area is 525 Å². The van der Waals surface area contributed by atoms with Crippen molar-refractivity contribution in [3.05, 3.63) is 71.8 Å². The highest BCUT2D eigenvalue weighted by atomic mass is 16.2. The molecule has 12 N–H and O–H groups in total. The summed E-state index contributed by atoms with van der Waals surface area (Å²) in [6, 6.07) is 6.64. The highest BCUT2D eigenvalue weighted by Crippen LogP contribution is 2.61. The summed E-state index contributed by atoms with van der Waals surface area (Å²) in [4.78, 5) is 152. The molecule has 3 saturated heterocycles. The Morgan fingerprint density at radius 3 is 1.19 bits per heavy atom. The summed E-state index contributed by atoms with van der Waals surface area (Å²) in [5.41, 5.74) is 13.2. The van der Waals surface area contributed by atoms with E-state index >= 15 is 19.2 Å². The minimum atomic E-state index is -1.21. The Bertz CT molecular complexity index is 2780. The molecule has 2 aromatic rings. The lowest BCUT2D eigenvalue weighted by Gasteiger charge is -2.57. The van der Waals surface area contributed by atoms with E-state index in [1.165, 1.54) is 9.80 Å². The maximum Gasteiger partial charge on any atom is 0.246 e. The van der Waals surface area contributed by atoms with Crippen LogP contribution >= 0.6 is 0 Å². The number of fused-ring (bicyclic) bond motifs is 2. The second-order valence-corrected chi connectivity index (χ2v) is 27.7. The van der Waals surface area contributed by atoms with E-state index in [1.807, 2.05) is 74.5 Å². The van der Waals surface area contributed by atoms with Crippen molar-refractivity contribution >= 4 is 59.1 Å². The number of hydrogen-bond acceptors (Lipinski definition) is 12. The lowest BCUT2D eigenvalue weighted by Crippen LogP contribution is -2.62. The molecule has 0 aromatic heterocycles. The molecule has 22 nitrogen and oxygen atoms in total. The van der Waals surface area contributed by atoms with Crippen LogP contribution in [0.2, 0.25) is 0 Å². The van der Waals surface area contributed by atoms with Gasteiger partial charge in [0.1, 0.15) is 60.4 Å². The minimum absolute atomic E-state index is 0.0332. The number of carbonyl (C=O) groups excluding carboxylic acids is 10. The number of amides is 10. The number of rotatable bonds is 16. The van der Waals surface area contributed by atoms with Crippen LogP contribution in [0, 0.1) is 40.9 Å². The molecule has 488 valence electrons. The van der Waals surface area contributed by atoms with E-state index in [0.29, 0.717) is 55.4 Å². The molecule has 4 saturated carbocycles. The summed E-state index contributed by atoms with van der Waals surface area (Å²) in [5.74, 6) is -5.79. The fraction of sp³-hybridized carbons (Fsp3) is 0.672. The van der Waals surface area contributed by atoms with Crippen LogP contribution in [0.15, 0.2) is 60.7 Å². The van der Waals surface area contributed by atoms with Crippen molar-refractivity contribution in [2.24, 2.45) is 52.4 Å². The molecule has 0 unspecified atom stereocenters. The lowest BCUT2D eigenvalue weighted by molar-refractivity contribution is -0.143. The Balaban J connectivity index is 1.16. The van der Waals surface area contributed by atoms with Gasteiger partial charge in [0.2, 0.25) is 59.1 Å². The summed E-state index contributed by atoms with van der Waals surface area (Å²) < 4.78 is 0. The Kier molecular flexibility index (Phi) is 23.8. The summed E-state index contributed by atoms with van der Waals surface area (Å²) in [6.45, 7) is 11.5. The van der Waals surface area contributed by atoms with E-state index in [-0.39, 0.29) is 82.5 Å². The van der Waals surface area contributed by atoms with E-state index < -0.39 is 131 Å². The molecule has 0 spiro atoms. The molecule has 3 aliphatic heterocycles. The number of carbonyl (C=O) groups is 10. The van der Waals surface area contributed by atoms with Crippen molar-refractivity contribution in [1.82, 2.24) is 52.3 Å². The zero-order chi connectivity index (χ0) is 64.1. The third kappa shape index (κ3) is 17.7. The Hall–Kier alpha value is -6.94. The Morgan fingerprint density at radius 2 is 0.809 bits per heavy atom. The molecule has 10 atom stereocenters. The average Bonchev–Trinajstić information content (AvgIpc) is 1.78. The molecular weight excluding hydrogens is 1130 g/mol. The second kappa shape index (κ2) is 31.2. The van der Waals surface area contributed by atoms with Crippen molar-refractivity contribution < 1.29 is 47.9 Å². The van der Waals surface area contributed by atoms with Crippen LogP contribution in [0.3, 0.4) is 0 Å². The van der Waals surface area contributed by atoms with Gasteiger partial charge >= 0.3 is 0 Å². The predicted molar refractivity (Wildman–Crippen MR) is 336 cm³/mol. The van der Waals surface area contributed by atoms with E-state index in [0.717, 1.165) is 44.1 Å². The molecule has 4 bridgehead atoms. The zero-order valence-corrected chi connectivity index (χ0v) is 53.2. The Morgan fingerprint density at radius 1 is 0.449 bits per heavy atom. The van der Waals surface area contributed by atoms with Crippen LogP contribution in [0.1, 0.15) is 155 Å². The number of benzene rings is 2. The van der Waals surface area contributed by atoms with E-state index in [2.05, 4.69) is 42.5 Å². The van der Waals surface area contributed by atoms with E-state index in [9.17, 15) is 28.8 Å². The van der Waals surface area contributed by atoms with Crippen LogP contribution in [-0.4, -0.2) is 155 Å². The molecule has 22 heteroatoms. The van der Waals surface area contributed by atoms with Crippen LogP contribution in [-0.2, 0) is 60.8 Å². The highest BCUT2D eigenvalue weighted by molar-refractivity contribution is 6.00. The van der Waals surface area contributed by atoms with Crippen molar-refractivity contribution in [2.45, 2.75) is 218 Å². The van der Waals surface area contributed by atoms with Crippen molar-refractivity contribution in [2.75, 3.05) is 26.2 Å². The topological polar surface area (TPSA) is 325 Å². The van der Waals surface area contributed by atoms with Crippen molar-refractivity contribution in [3.63, 3.8) is 0 Å². The van der Waals surface area contributed by atoms with E-state index in [4.69, 9.17) is 11.5 Å². The fourth-order valence-corrected chi connectivity index (χ4v) is 15.4. The first-order valence-electron chi connectivity index (χ1n) is 33.1. The monoisotopic (exact) mass is 1230 g/mol.